The van der Waals surface area contributed by atoms with Crippen molar-refractivity contribution in [3.63, 3.8) is 0 Å². The third kappa shape index (κ3) is 3.76. The number of morpholine rings is 1. The van der Waals surface area contributed by atoms with Gasteiger partial charge in [-0.15, -0.1) is 0 Å². The van der Waals surface area contributed by atoms with E-state index < -0.39 is 0 Å². The van der Waals surface area contributed by atoms with Crippen LogP contribution < -0.4 is 5.73 Å². The Morgan fingerprint density at radius 1 is 1.25 bits per heavy atom. The molecule has 0 atom stereocenters. The molecule has 0 unspecified atom stereocenters. The predicted molar refractivity (Wildman–Crippen MR) is 110 cm³/mol. The number of rotatable bonds is 5. The van der Waals surface area contributed by atoms with Gasteiger partial charge in [-0.3, -0.25) is 4.90 Å². The highest BCUT2D eigenvalue weighted by Gasteiger charge is 2.19. The molecular weight excluding hydrogens is 377 g/mol. The van der Waals surface area contributed by atoms with E-state index in [1.807, 2.05) is 13.0 Å². The summed E-state index contributed by atoms with van der Waals surface area (Å²) in [6.45, 7) is 6.24. The number of aryl methyl sites for hydroxylation is 1. The third-order valence-electron chi connectivity index (χ3n) is 4.99. The number of hydrogen-bond donors (Lipinski definition) is 1. The van der Waals surface area contributed by atoms with Gasteiger partial charge in [0.1, 0.15) is 10.8 Å². The lowest BCUT2D eigenvalue weighted by Gasteiger charge is -2.25. The number of halogens is 1. The Morgan fingerprint density at radius 2 is 1.96 bits per heavy atom. The van der Waals surface area contributed by atoms with Crippen molar-refractivity contribution in [2.45, 2.75) is 13.3 Å². The van der Waals surface area contributed by atoms with Gasteiger partial charge in [-0.1, -0.05) is 24.4 Å². The number of ether oxygens (including phenoxy) is 1. The summed E-state index contributed by atoms with van der Waals surface area (Å²) in [5.41, 5.74) is 9.95. The highest BCUT2D eigenvalue weighted by molar-refractivity contribution is 7.80. The second-order valence-corrected chi connectivity index (χ2v) is 7.35. The largest absolute Gasteiger partial charge is 0.389 e. The fourth-order valence-electron chi connectivity index (χ4n) is 3.51. The summed E-state index contributed by atoms with van der Waals surface area (Å²) < 4.78 is 20.5. The molecule has 8 heteroatoms. The minimum Gasteiger partial charge on any atom is -0.389 e. The minimum absolute atomic E-state index is 0.247. The van der Waals surface area contributed by atoms with Gasteiger partial charge in [0, 0.05) is 31.7 Å². The van der Waals surface area contributed by atoms with E-state index in [2.05, 4.69) is 10.00 Å². The van der Waals surface area contributed by atoms with Gasteiger partial charge in [-0.05, 0) is 36.2 Å². The lowest BCUT2D eigenvalue weighted by Crippen LogP contribution is -2.37. The first kappa shape index (κ1) is 18.9. The van der Waals surface area contributed by atoms with Crippen molar-refractivity contribution >= 4 is 22.9 Å². The van der Waals surface area contributed by atoms with E-state index in [9.17, 15) is 4.39 Å². The van der Waals surface area contributed by atoms with Crippen molar-refractivity contribution in [3.05, 3.63) is 53.2 Å². The first-order chi connectivity index (χ1) is 13.5. The van der Waals surface area contributed by atoms with Gasteiger partial charge in [0.2, 0.25) is 0 Å². The van der Waals surface area contributed by atoms with Gasteiger partial charge in [-0.2, -0.15) is 5.10 Å². The van der Waals surface area contributed by atoms with Crippen molar-refractivity contribution in [1.29, 1.82) is 0 Å². The van der Waals surface area contributed by atoms with Crippen LogP contribution in [0.4, 0.5) is 4.39 Å². The summed E-state index contributed by atoms with van der Waals surface area (Å²) in [6, 6.07) is 8.26. The topological polar surface area (TPSA) is 68.7 Å². The summed E-state index contributed by atoms with van der Waals surface area (Å²) in [6.07, 6.45) is 0.740. The second kappa shape index (κ2) is 7.90. The number of thiocarbonyl (C=S) groups is 1. The maximum atomic E-state index is 13.3. The van der Waals surface area contributed by atoms with Crippen LogP contribution in [-0.2, 0) is 11.2 Å². The molecule has 6 nitrogen and oxygen atoms in total. The molecule has 1 aromatic carbocycles. The third-order valence-corrected chi connectivity index (χ3v) is 5.19. The zero-order valence-corrected chi connectivity index (χ0v) is 16.5. The number of nitrogens with zero attached hydrogens (tertiary/aromatic N) is 4. The lowest BCUT2D eigenvalue weighted by atomic mass is 10.00. The standard InChI is InChI=1S/C20H22FN5OS/c1-13-12-16(14-2-4-15(21)5-3-14)18(19(22)28)20-23-17(24-26(13)20)6-7-25-8-10-27-11-9-25/h2-5,12H,6-11H2,1H3,(H2,22,28). The van der Waals surface area contributed by atoms with Crippen LogP contribution in [0.1, 0.15) is 17.1 Å². The van der Waals surface area contributed by atoms with Gasteiger partial charge in [0.15, 0.2) is 11.5 Å². The number of hydrogen-bond acceptors (Lipinski definition) is 5. The van der Waals surface area contributed by atoms with Gasteiger partial charge in [0.05, 0.1) is 18.8 Å². The summed E-state index contributed by atoms with van der Waals surface area (Å²) in [5.74, 6) is 0.467. The Kier molecular flexibility index (Phi) is 5.34. The van der Waals surface area contributed by atoms with Crippen LogP contribution in [0, 0.1) is 12.7 Å². The van der Waals surface area contributed by atoms with Crippen LogP contribution in [0.15, 0.2) is 30.3 Å². The molecule has 3 aromatic rings. The van der Waals surface area contributed by atoms with E-state index in [0.29, 0.717) is 11.2 Å². The van der Waals surface area contributed by atoms with E-state index in [1.54, 1.807) is 16.6 Å². The normalized spacial score (nSPS) is 15.2. The predicted octanol–water partition coefficient (Wildman–Crippen LogP) is 2.35. The molecule has 0 spiro atoms. The summed E-state index contributed by atoms with van der Waals surface area (Å²) in [5, 5.41) is 4.66. The molecule has 146 valence electrons. The average molecular weight is 399 g/mol. The molecule has 1 aliphatic rings. The summed E-state index contributed by atoms with van der Waals surface area (Å²) >= 11 is 5.32. The number of aromatic nitrogens is 3. The smallest absolute Gasteiger partial charge is 0.166 e. The van der Waals surface area contributed by atoms with Crippen LogP contribution in [0.2, 0.25) is 0 Å². The van der Waals surface area contributed by atoms with E-state index in [0.717, 1.165) is 61.9 Å². The fraction of sp³-hybridized carbons (Fsp3) is 0.350. The monoisotopic (exact) mass is 399 g/mol. The van der Waals surface area contributed by atoms with Crippen molar-refractivity contribution in [2.75, 3.05) is 32.8 Å². The fourth-order valence-corrected chi connectivity index (χ4v) is 3.72. The Morgan fingerprint density at radius 3 is 2.64 bits per heavy atom. The van der Waals surface area contributed by atoms with Crippen molar-refractivity contribution < 1.29 is 9.13 Å². The van der Waals surface area contributed by atoms with Gasteiger partial charge in [-0.25, -0.2) is 13.9 Å². The maximum Gasteiger partial charge on any atom is 0.166 e. The Hall–Kier alpha value is -2.42. The zero-order chi connectivity index (χ0) is 19.7. The molecule has 0 saturated carbocycles. The second-order valence-electron chi connectivity index (χ2n) is 6.91. The molecule has 1 fully saturated rings. The summed E-state index contributed by atoms with van der Waals surface area (Å²) in [7, 11) is 0. The van der Waals surface area contributed by atoms with Crippen molar-refractivity contribution in [1.82, 2.24) is 19.5 Å². The molecule has 0 aliphatic carbocycles. The quantitative estimate of drug-likeness (QED) is 0.665. The maximum absolute atomic E-state index is 13.3. The molecule has 2 aromatic heterocycles. The van der Waals surface area contributed by atoms with Crippen molar-refractivity contribution in [2.24, 2.45) is 5.73 Å². The molecule has 3 heterocycles. The van der Waals surface area contributed by atoms with E-state index >= 15 is 0 Å². The van der Waals surface area contributed by atoms with Gasteiger partial charge >= 0.3 is 0 Å². The highest BCUT2D eigenvalue weighted by Crippen LogP contribution is 2.28. The van der Waals surface area contributed by atoms with Crippen LogP contribution in [0.5, 0.6) is 0 Å². The zero-order valence-electron chi connectivity index (χ0n) is 15.7. The number of fused-ring (bicyclic) bond motifs is 1. The molecule has 28 heavy (non-hydrogen) atoms. The number of benzene rings is 1. The molecular formula is C20H22FN5OS. The lowest BCUT2D eigenvalue weighted by molar-refractivity contribution is 0.0382. The highest BCUT2D eigenvalue weighted by atomic mass is 32.1. The minimum atomic E-state index is -0.286. The van der Waals surface area contributed by atoms with Crippen LogP contribution in [-0.4, -0.2) is 57.3 Å². The Bertz CT molecular complexity index is 1010. The molecule has 0 amide bonds. The van der Waals surface area contributed by atoms with Gasteiger partial charge < -0.3 is 10.5 Å². The van der Waals surface area contributed by atoms with Crippen LogP contribution in [0.3, 0.4) is 0 Å². The Balaban J connectivity index is 1.72. The van der Waals surface area contributed by atoms with Crippen molar-refractivity contribution in [3.8, 4) is 11.1 Å². The Labute approximate surface area is 168 Å². The van der Waals surface area contributed by atoms with E-state index in [1.165, 1.54) is 12.1 Å². The molecule has 0 bridgehead atoms. The molecule has 4 rings (SSSR count). The van der Waals surface area contributed by atoms with E-state index in [4.69, 9.17) is 27.7 Å². The number of pyridine rings is 1. The molecule has 1 aliphatic heterocycles. The number of nitrogens with two attached hydrogens (primary N) is 1. The SMILES string of the molecule is Cc1cc(-c2ccc(F)cc2)c(C(N)=S)c2nc(CCN3CCOCC3)nn12. The average Bonchev–Trinajstić information content (AvgIpc) is 3.12. The molecule has 1 saturated heterocycles. The van der Waals surface area contributed by atoms with Crippen LogP contribution in [0.25, 0.3) is 16.8 Å². The van der Waals surface area contributed by atoms with Crippen LogP contribution >= 0.6 is 12.2 Å². The summed E-state index contributed by atoms with van der Waals surface area (Å²) in [4.78, 5) is 7.33. The van der Waals surface area contributed by atoms with Gasteiger partial charge in [0.25, 0.3) is 0 Å². The van der Waals surface area contributed by atoms with E-state index in [-0.39, 0.29) is 10.8 Å². The first-order valence-corrected chi connectivity index (χ1v) is 9.69. The molecule has 0 radical (unpaired) electrons. The molecule has 2 N–H and O–H groups in total. The first-order valence-electron chi connectivity index (χ1n) is 9.28.